The Kier molecular flexibility index (Phi) is 4.72. The third-order valence-electron chi connectivity index (χ3n) is 5.52. The van der Waals surface area contributed by atoms with E-state index in [2.05, 4.69) is 43.3 Å². The maximum absolute atomic E-state index is 14.7. The zero-order valence-corrected chi connectivity index (χ0v) is 16.4. The highest BCUT2D eigenvalue weighted by Crippen LogP contribution is 2.47. The molecule has 2 heteroatoms. The minimum Gasteiger partial charge on any atom is -0.295 e. The second kappa shape index (κ2) is 7.20. The summed E-state index contributed by atoms with van der Waals surface area (Å²) in [4.78, 5) is 12.8. The van der Waals surface area contributed by atoms with Crippen LogP contribution in [0.25, 0.3) is 5.57 Å². The lowest BCUT2D eigenvalue weighted by molar-refractivity contribution is -0.113. The Balaban J connectivity index is 1.95. The average Bonchev–Trinajstić information content (AvgIpc) is 2.95. The van der Waals surface area contributed by atoms with Gasteiger partial charge in [-0.15, -0.1) is 0 Å². The molecule has 0 bridgehead atoms. The van der Waals surface area contributed by atoms with Crippen molar-refractivity contribution in [2.45, 2.75) is 33.1 Å². The van der Waals surface area contributed by atoms with E-state index in [9.17, 15) is 9.18 Å². The van der Waals surface area contributed by atoms with Crippen LogP contribution >= 0.6 is 0 Å². The van der Waals surface area contributed by atoms with E-state index in [1.54, 1.807) is 19.1 Å². The SMILES string of the molecule is CC(=O)C1=C(c2ccccc2F)c2cc(C)ccc2C1Cc1cccc(C)c1. The normalized spacial score (nSPS) is 15.6. The summed E-state index contributed by atoms with van der Waals surface area (Å²) in [6.07, 6.45) is 0.727. The Morgan fingerprint density at radius 1 is 0.893 bits per heavy atom. The molecule has 3 aromatic rings. The van der Waals surface area contributed by atoms with Gasteiger partial charge in [0.05, 0.1) is 0 Å². The van der Waals surface area contributed by atoms with Crippen LogP contribution in [0.3, 0.4) is 0 Å². The number of fused-ring (bicyclic) bond motifs is 1. The summed E-state index contributed by atoms with van der Waals surface area (Å²) in [7, 11) is 0. The van der Waals surface area contributed by atoms with Crippen LogP contribution in [-0.2, 0) is 11.2 Å². The van der Waals surface area contributed by atoms with Gasteiger partial charge in [0, 0.05) is 17.1 Å². The maximum atomic E-state index is 14.7. The highest BCUT2D eigenvalue weighted by atomic mass is 19.1. The molecule has 0 N–H and O–H groups in total. The van der Waals surface area contributed by atoms with Crippen LogP contribution in [0.4, 0.5) is 4.39 Å². The minimum atomic E-state index is -0.292. The molecule has 0 saturated heterocycles. The first kappa shape index (κ1) is 18.4. The van der Waals surface area contributed by atoms with Crippen molar-refractivity contribution in [3.63, 3.8) is 0 Å². The van der Waals surface area contributed by atoms with E-state index in [0.29, 0.717) is 11.1 Å². The van der Waals surface area contributed by atoms with Crippen molar-refractivity contribution in [2.24, 2.45) is 0 Å². The highest BCUT2D eigenvalue weighted by molar-refractivity contribution is 6.09. The molecule has 0 radical (unpaired) electrons. The van der Waals surface area contributed by atoms with Crippen molar-refractivity contribution in [3.8, 4) is 0 Å². The fourth-order valence-electron chi connectivity index (χ4n) is 4.33. The van der Waals surface area contributed by atoms with E-state index >= 15 is 0 Å². The number of Topliss-reactive ketones (excluding diaryl/α,β-unsaturated/α-hetero) is 1. The fourth-order valence-corrected chi connectivity index (χ4v) is 4.33. The summed E-state index contributed by atoms with van der Waals surface area (Å²) in [6, 6.07) is 21.4. The first-order chi connectivity index (χ1) is 13.5. The molecule has 0 fully saturated rings. The minimum absolute atomic E-state index is 0.00441. The molecule has 0 heterocycles. The molecule has 0 amide bonds. The molecule has 0 spiro atoms. The Labute approximate surface area is 165 Å². The summed E-state index contributed by atoms with van der Waals surface area (Å²) in [5.41, 5.74) is 7.54. The number of carbonyl (C=O) groups excluding carboxylic acids is 1. The largest absolute Gasteiger partial charge is 0.295 e. The number of carbonyl (C=O) groups is 1. The van der Waals surface area contributed by atoms with Crippen LogP contribution in [0.1, 0.15) is 46.2 Å². The van der Waals surface area contributed by atoms with Gasteiger partial charge in [0.15, 0.2) is 5.78 Å². The molecular weight excluding hydrogens is 347 g/mol. The average molecular weight is 370 g/mol. The van der Waals surface area contributed by atoms with Crippen LogP contribution in [0.2, 0.25) is 0 Å². The Morgan fingerprint density at radius 3 is 2.36 bits per heavy atom. The summed E-state index contributed by atoms with van der Waals surface area (Å²) in [5, 5.41) is 0. The van der Waals surface area contributed by atoms with Gasteiger partial charge in [-0.1, -0.05) is 71.8 Å². The number of rotatable bonds is 4. The van der Waals surface area contributed by atoms with E-state index in [1.165, 1.54) is 17.2 Å². The fraction of sp³-hybridized carbons (Fsp3) is 0.192. The standard InChI is InChI=1S/C26H23FO/c1-16-7-6-8-19(13-16)15-23-20-12-11-17(2)14-22(20)26(25(23)18(3)28)21-9-4-5-10-24(21)27/h4-14,23H,15H2,1-3H3. The summed E-state index contributed by atoms with van der Waals surface area (Å²) < 4.78 is 14.7. The molecule has 1 aliphatic rings. The number of hydrogen-bond donors (Lipinski definition) is 0. The lowest BCUT2D eigenvalue weighted by atomic mass is 9.86. The number of ketones is 1. The first-order valence-electron chi connectivity index (χ1n) is 9.62. The predicted octanol–water partition coefficient (Wildman–Crippen LogP) is 6.17. The second-order valence-electron chi connectivity index (χ2n) is 7.66. The van der Waals surface area contributed by atoms with Gasteiger partial charge in [-0.05, 0) is 55.5 Å². The zero-order chi connectivity index (χ0) is 19.8. The molecule has 0 aromatic heterocycles. The van der Waals surface area contributed by atoms with Crippen molar-refractivity contribution < 1.29 is 9.18 Å². The van der Waals surface area contributed by atoms with Crippen molar-refractivity contribution in [1.29, 1.82) is 0 Å². The number of aryl methyl sites for hydroxylation is 2. The van der Waals surface area contributed by atoms with Gasteiger partial charge in [0.2, 0.25) is 0 Å². The second-order valence-corrected chi connectivity index (χ2v) is 7.66. The summed E-state index contributed by atoms with van der Waals surface area (Å²) in [6.45, 7) is 5.70. The molecule has 0 saturated carbocycles. The lowest BCUT2D eigenvalue weighted by Crippen LogP contribution is -2.10. The number of halogens is 1. The van der Waals surface area contributed by atoms with Crippen molar-refractivity contribution in [3.05, 3.63) is 112 Å². The monoisotopic (exact) mass is 370 g/mol. The molecule has 4 rings (SSSR count). The van der Waals surface area contributed by atoms with E-state index in [-0.39, 0.29) is 17.5 Å². The molecule has 1 nitrogen and oxygen atoms in total. The zero-order valence-electron chi connectivity index (χ0n) is 16.4. The molecule has 1 atom stereocenters. The molecular formula is C26H23FO. The maximum Gasteiger partial charge on any atom is 0.157 e. The van der Waals surface area contributed by atoms with Gasteiger partial charge in [-0.25, -0.2) is 4.39 Å². The van der Waals surface area contributed by atoms with Gasteiger partial charge in [0.25, 0.3) is 0 Å². The van der Waals surface area contributed by atoms with Gasteiger partial charge >= 0.3 is 0 Å². The van der Waals surface area contributed by atoms with E-state index in [1.807, 2.05) is 19.1 Å². The highest BCUT2D eigenvalue weighted by Gasteiger charge is 2.35. The number of hydrogen-bond acceptors (Lipinski definition) is 1. The quantitative estimate of drug-likeness (QED) is 0.536. The first-order valence-corrected chi connectivity index (χ1v) is 9.62. The van der Waals surface area contributed by atoms with Crippen molar-refractivity contribution in [1.82, 2.24) is 0 Å². The van der Waals surface area contributed by atoms with Gasteiger partial charge in [0.1, 0.15) is 5.82 Å². The lowest BCUT2D eigenvalue weighted by Gasteiger charge is -2.16. The van der Waals surface area contributed by atoms with E-state index in [4.69, 9.17) is 0 Å². The van der Waals surface area contributed by atoms with Crippen LogP contribution in [-0.4, -0.2) is 5.78 Å². The summed E-state index contributed by atoms with van der Waals surface area (Å²) >= 11 is 0. The van der Waals surface area contributed by atoms with E-state index in [0.717, 1.165) is 28.7 Å². The number of benzene rings is 3. The third kappa shape index (κ3) is 3.20. The molecule has 0 aliphatic heterocycles. The van der Waals surface area contributed by atoms with Gasteiger partial charge < -0.3 is 0 Å². The van der Waals surface area contributed by atoms with Gasteiger partial charge in [-0.2, -0.15) is 0 Å². The number of allylic oxidation sites excluding steroid dienone is 1. The molecule has 3 aromatic carbocycles. The van der Waals surface area contributed by atoms with Gasteiger partial charge in [-0.3, -0.25) is 4.79 Å². The molecule has 1 unspecified atom stereocenters. The smallest absolute Gasteiger partial charge is 0.157 e. The topological polar surface area (TPSA) is 17.1 Å². The van der Waals surface area contributed by atoms with Crippen LogP contribution in [0.15, 0.2) is 72.3 Å². The van der Waals surface area contributed by atoms with E-state index < -0.39 is 0 Å². The van der Waals surface area contributed by atoms with Crippen molar-refractivity contribution >= 4 is 11.4 Å². The van der Waals surface area contributed by atoms with Crippen LogP contribution in [0, 0.1) is 19.7 Å². The Hall–Kier alpha value is -3.00. The third-order valence-corrected chi connectivity index (χ3v) is 5.52. The Morgan fingerprint density at radius 2 is 1.64 bits per heavy atom. The summed E-state index contributed by atoms with van der Waals surface area (Å²) in [5.74, 6) is -0.353. The molecule has 1 aliphatic carbocycles. The Bertz CT molecular complexity index is 1110. The molecule has 28 heavy (non-hydrogen) atoms. The predicted molar refractivity (Wildman–Crippen MR) is 112 cm³/mol. The van der Waals surface area contributed by atoms with Crippen LogP contribution < -0.4 is 0 Å². The molecule has 140 valence electrons. The van der Waals surface area contributed by atoms with Crippen molar-refractivity contribution in [2.75, 3.05) is 0 Å². The van der Waals surface area contributed by atoms with Crippen LogP contribution in [0.5, 0.6) is 0 Å².